The van der Waals surface area contributed by atoms with E-state index in [-0.39, 0.29) is 17.5 Å². The normalized spacial score (nSPS) is 23.9. The molecule has 2 aromatic rings. The molecule has 96 valence electrons. The van der Waals surface area contributed by atoms with Gasteiger partial charge in [0, 0.05) is 6.04 Å². The van der Waals surface area contributed by atoms with Gasteiger partial charge in [0.1, 0.15) is 5.52 Å². The minimum absolute atomic E-state index is 0.117. The smallest absolute Gasteiger partial charge is 0.201 e. The Morgan fingerprint density at radius 2 is 2.11 bits per heavy atom. The number of fused-ring (bicyclic) bond motifs is 1. The van der Waals surface area contributed by atoms with E-state index in [1.165, 1.54) is 6.07 Å². The van der Waals surface area contributed by atoms with E-state index in [2.05, 4.69) is 11.9 Å². The highest BCUT2D eigenvalue weighted by molar-refractivity contribution is 5.79. The van der Waals surface area contributed by atoms with Gasteiger partial charge < -0.3 is 10.3 Å². The first kappa shape index (κ1) is 11.4. The summed E-state index contributed by atoms with van der Waals surface area (Å²) in [4.78, 5) is 4.13. The van der Waals surface area contributed by atoms with Gasteiger partial charge in [0.2, 0.25) is 5.95 Å². The summed E-state index contributed by atoms with van der Waals surface area (Å²) in [6.07, 6.45) is 3.11. The first-order valence-electron chi connectivity index (χ1n) is 6.21. The van der Waals surface area contributed by atoms with Crippen molar-refractivity contribution in [1.29, 1.82) is 0 Å². The Kier molecular flexibility index (Phi) is 2.50. The van der Waals surface area contributed by atoms with Crippen LogP contribution in [-0.4, -0.2) is 9.55 Å². The van der Waals surface area contributed by atoms with E-state index in [9.17, 15) is 8.78 Å². The maximum Gasteiger partial charge on any atom is 0.201 e. The van der Waals surface area contributed by atoms with Crippen LogP contribution in [-0.2, 0) is 0 Å². The lowest BCUT2D eigenvalue weighted by atomic mass is 10.1. The van der Waals surface area contributed by atoms with E-state index < -0.39 is 11.6 Å². The van der Waals surface area contributed by atoms with E-state index in [4.69, 9.17) is 5.73 Å². The van der Waals surface area contributed by atoms with Gasteiger partial charge in [0.05, 0.1) is 5.52 Å². The number of nitrogens with two attached hydrogens (primary N) is 1. The lowest BCUT2D eigenvalue weighted by molar-refractivity contribution is 0.415. The van der Waals surface area contributed by atoms with Gasteiger partial charge in [-0.15, -0.1) is 0 Å². The van der Waals surface area contributed by atoms with Crippen LogP contribution in [0.5, 0.6) is 0 Å². The van der Waals surface area contributed by atoms with E-state index in [0.29, 0.717) is 11.4 Å². The van der Waals surface area contributed by atoms with Crippen LogP contribution in [0, 0.1) is 17.6 Å². The zero-order valence-electron chi connectivity index (χ0n) is 10.2. The molecule has 0 spiro atoms. The van der Waals surface area contributed by atoms with Crippen LogP contribution in [0.15, 0.2) is 12.1 Å². The fraction of sp³-hybridized carbons (Fsp3) is 0.462. The highest BCUT2D eigenvalue weighted by Crippen LogP contribution is 2.39. The van der Waals surface area contributed by atoms with Crippen LogP contribution in [0.1, 0.15) is 32.2 Å². The summed E-state index contributed by atoms with van der Waals surface area (Å²) < 4.78 is 29.0. The van der Waals surface area contributed by atoms with Crippen molar-refractivity contribution in [3.8, 4) is 0 Å². The van der Waals surface area contributed by atoms with Crippen molar-refractivity contribution in [3.05, 3.63) is 23.8 Å². The number of aromatic nitrogens is 2. The third-order valence-corrected chi connectivity index (χ3v) is 3.92. The number of benzene rings is 1. The number of imidazole rings is 1. The summed E-state index contributed by atoms with van der Waals surface area (Å²) in [5, 5.41) is 0. The quantitative estimate of drug-likeness (QED) is 0.845. The van der Waals surface area contributed by atoms with Crippen molar-refractivity contribution < 1.29 is 8.78 Å². The number of nitrogens with zero attached hydrogens (tertiary/aromatic N) is 2. The van der Waals surface area contributed by atoms with Crippen LogP contribution in [0.4, 0.5) is 14.7 Å². The summed E-state index contributed by atoms with van der Waals surface area (Å²) >= 11 is 0. The average molecular weight is 251 g/mol. The standard InChI is InChI=1S/C13H15F2N3/c1-7-3-2-4-10(7)18-12-9(17-13(18)16)6-5-8(14)11(12)15/h5-7,10H,2-4H2,1H3,(H2,16,17). The van der Waals surface area contributed by atoms with Gasteiger partial charge in [0.15, 0.2) is 11.6 Å². The van der Waals surface area contributed by atoms with Gasteiger partial charge in [-0.1, -0.05) is 13.3 Å². The molecule has 0 radical (unpaired) electrons. The van der Waals surface area contributed by atoms with Crippen LogP contribution >= 0.6 is 0 Å². The second kappa shape index (κ2) is 3.93. The third-order valence-electron chi connectivity index (χ3n) is 3.92. The Balaban J connectivity index is 2.27. The molecule has 0 bridgehead atoms. The van der Waals surface area contributed by atoms with E-state index in [1.54, 1.807) is 4.57 Å². The molecule has 1 saturated carbocycles. The molecule has 1 fully saturated rings. The molecule has 1 aromatic heterocycles. The molecule has 2 atom stereocenters. The molecule has 3 nitrogen and oxygen atoms in total. The highest BCUT2D eigenvalue weighted by atomic mass is 19.2. The fourth-order valence-corrected chi connectivity index (χ4v) is 2.99. The molecule has 0 saturated heterocycles. The maximum atomic E-state index is 14.0. The minimum atomic E-state index is -0.852. The van der Waals surface area contributed by atoms with E-state index in [0.717, 1.165) is 25.3 Å². The summed E-state index contributed by atoms with van der Waals surface area (Å²) in [6.45, 7) is 2.11. The highest BCUT2D eigenvalue weighted by Gasteiger charge is 2.29. The van der Waals surface area contributed by atoms with Crippen LogP contribution in [0.25, 0.3) is 11.0 Å². The van der Waals surface area contributed by atoms with Crippen molar-refractivity contribution in [2.75, 3.05) is 5.73 Å². The first-order valence-corrected chi connectivity index (χ1v) is 6.21. The molecule has 0 amide bonds. The maximum absolute atomic E-state index is 14.0. The summed E-state index contributed by atoms with van der Waals surface area (Å²) in [7, 11) is 0. The third kappa shape index (κ3) is 1.50. The predicted molar refractivity (Wildman–Crippen MR) is 66.1 cm³/mol. The Labute approximate surface area is 104 Å². The van der Waals surface area contributed by atoms with Crippen molar-refractivity contribution in [1.82, 2.24) is 9.55 Å². The van der Waals surface area contributed by atoms with Gasteiger partial charge in [0.25, 0.3) is 0 Å². The predicted octanol–water partition coefficient (Wildman–Crippen LogP) is 3.26. The van der Waals surface area contributed by atoms with Crippen LogP contribution in [0.2, 0.25) is 0 Å². The molecular weight excluding hydrogens is 236 g/mol. The van der Waals surface area contributed by atoms with Gasteiger partial charge in [-0.05, 0) is 30.9 Å². The Morgan fingerprint density at radius 3 is 2.78 bits per heavy atom. The molecule has 0 aliphatic heterocycles. The molecule has 1 aliphatic carbocycles. The number of rotatable bonds is 1. The monoisotopic (exact) mass is 251 g/mol. The SMILES string of the molecule is CC1CCCC1n1c(N)nc2ccc(F)c(F)c21. The molecule has 1 aromatic carbocycles. The van der Waals surface area contributed by atoms with Crippen molar-refractivity contribution >= 4 is 17.0 Å². The number of nitrogen functional groups attached to an aromatic ring is 1. The van der Waals surface area contributed by atoms with Crippen LogP contribution < -0.4 is 5.73 Å². The van der Waals surface area contributed by atoms with Gasteiger partial charge in [-0.2, -0.15) is 0 Å². The lowest BCUT2D eigenvalue weighted by Gasteiger charge is -2.19. The molecule has 1 aliphatic rings. The van der Waals surface area contributed by atoms with Crippen LogP contribution in [0.3, 0.4) is 0 Å². The second-order valence-electron chi connectivity index (χ2n) is 5.04. The second-order valence-corrected chi connectivity index (χ2v) is 5.04. The minimum Gasteiger partial charge on any atom is -0.369 e. The summed E-state index contributed by atoms with van der Waals surface area (Å²) in [6, 6.07) is 2.68. The largest absolute Gasteiger partial charge is 0.369 e. The Morgan fingerprint density at radius 1 is 1.33 bits per heavy atom. The van der Waals surface area contributed by atoms with Crippen molar-refractivity contribution in [2.24, 2.45) is 5.92 Å². The zero-order chi connectivity index (χ0) is 12.9. The van der Waals surface area contributed by atoms with E-state index in [1.807, 2.05) is 0 Å². The molecule has 18 heavy (non-hydrogen) atoms. The zero-order valence-corrected chi connectivity index (χ0v) is 10.2. The van der Waals surface area contributed by atoms with Gasteiger partial charge in [-0.25, -0.2) is 13.8 Å². The fourth-order valence-electron chi connectivity index (χ4n) is 2.99. The summed E-state index contributed by atoms with van der Waals surface area (Å²) in [5.74, 6) is -1.02. The Bertz CT molecular complexity index is 606. The van der Waals surface area contributed by atoms with Gasteiger partial charge >= 0.3 is 0 Å². The lowest BCUT2D eigenvalue weighted by Crippen LogP contribution is -2.14. The summed E-state index contributed by atoms with van der Waals surface area (Å²) in [5.41, 5.74) is 6.50. The van der Waals surface area contributed by atoms with Crippen molar-refractivity contribution in [3.63, 3.8) is 0 Å². The average Bonchev–Trinajstić information content (AvgIpc) is 2.87. The Hall–Kier alpha value is -1.65. The van der Waals surface area contributed by atoms with E-state index >= 15 is 0 Å². The number of halogens is 2. The molecule has 2 unspecified atom stereocenters. The molecule has 5 heteroatoms. The molecular formula is C13H15F2N3. The van der Waals surface area contributed by atoms with Crippen molar-refractivity contribution in [2.45, 2.75) is 32.2 Å². The first-order chi connectivity index (χ1) is 8.59. The number of hydrogen-bond donors (Lipinski definition) is 1. The molecule has 2 N–H and O–H groups in total. The van der Waals surface area contributed by atoms with Gasteiger partial charge in [-0.3, -0.25) is 0 Å². The number of anilines is 1. The molecule has 3 rings (SSSR count). The topological polar surface area (TPSA) is 43.8 Å². The molecule has 1 heterocycles. The number of hydrogen-bond acceptors (Lipinski definition) is 2.